The molecule has 1 amide bonds. The monoisotopic (exact) mass is 271 g/mol. The lowest BCUT2D eigenvalue weighted by Gasteiger charge is -2.16. The maximum Gasteiger partial charge on any atom is 0.261 e. The summed E-state index contributed by atoms with van der Waals surface area (Å²) in [5.41, 5.74) is 0.882. The van der Waals surface area contributed by atoms with Crippen molar-refractivity contribution in [3.8, 4) is 5.75 Å². The summed E-state index contributed by atoms with van der Waals surface area (Å²) in [6.07, 6.45) is -0.204. The Hall–Kier alpha value is -1.30. The van der Waals surface area contributed by atoms with Crippen LogP contribution in [0.4, 0.5) is 0 Å². The number of halogens is 1. The molecule has 0 radical (unpaired) electrons. The highest BCUT2D eigenvalue weighted by atomic mass is 35.5. The molecule has 1 unspecified atom stereocenters. The van der Waals surface area contributed by atoms with Crippen LogP contribution in [0, 0.1) is 0 Å². The van der Waals surface area contributed by atoms with Crippen molar-refractivity contribution in [2.45, 2.75) is 18.6 Å². The Labute approximate surface area is 109 Å². The lowest BCUT2D eigenvalue weighted by molar-refractivity contribution is -0.128. The van der Waals surface area contributed by atoms with E-state index in [1.54, 1.807) is 18.2 Å². The van der Waals surface area contributed by atoms with Gasteiger partial charge >= 0.3 is 0 Å². The van der Waals surface area contributed by atoms with Gasteiger partial charge in [-0.05, 0) is 23.8 Å². The van der Waals surface area contributed by atoms with Crippen LogP contribution < -0.4 is 10.1 Å². The predicted molar refractivity (Wildman–Crippen MR) is 65.7 cm³/mol. The van der Waals surface area contributed by atoms with Crippen LogP contribution in [0.2, 0.25) is 5.02 Å². The van der Waals surface area contributed by atoms with Gasteiger partial charge in [0.2, 0.25) is 0 Å². The Morgan fingerprint density at radius 1 is 1.50 bits per heavy atom. The smallest absolute Gasteiger partial charge is 0.261 e. The minimum Gasteiger partial charge on any atom is -0.480 e. The molecule has 6 heteroatoms. The standard InChI is InChI=1S/C12H14ClNO4/c13-8-1-2-10-7(3-8)4-11(18-10)12(17)14-9(5-15)6-16/h1-3,9,11,15-16H,4-6H2,(H,14,17). The van der Waals surface area contributed by atoms with Crippen molar-refractivity contribution < 1.29 is 19.7 Å². The van der Waals surface area contributed by atoms with Crippen molar-refractivity contribution in [3.63, 3.8) is 0 Å². The molecular weight excluding hydrogens is 258 g/mol. The topological polar surface area (TPSA) is 78.8 Å². The van der Waals surface area contributed by atoms with Gasteiger partial charge in [0.25, 0.3) is 5.91 Å². The number of hydrogen-bond acceptors (Lipinski definition) is 4. The number of rotatable bonds is 4. The Morgan fingerprint density at radius 3 is 2.89 bits per heavy atom. The molecule has 0 aromatic heterocycles. The van der Waals surface area contributed by atoms with E-state index < -0.39 is 12.1 Å². The summed E-state index contributed by atoms with van der Waals surface area (Å²) in [6.45, 7) is -0.624. The molecular formula is C12H14ClNO4. The fourth-order valence-corrected chi connectivity index (χ4v) is 2.00. The summed E-state index contributed by atoms with van der Waals surface area (Å²) in [5.74, 6) is 0.291. The molecule has 0 saturated carbocycles. The van der Waals surface area contributed by atoms with E-state index in [1.807, 2.05) is 0 Å². The molecule has 1 aromatic carbocycles. The second-order valence-electron chi connectivity index (χ2n) is 4.13. The Bertz CT molecular complexity index is 448. The molecule has 3 N–H and O–H groups in total. The second kappa shape index (κ2) is 5.56. The molecule has 1 atom stereocenters. The molecule has 1 aliphatic heterocycles. The van der Waals surface area contributed by atoms with E-state index >= 15 is 0 Å². The van der Waals surface area contributed by atoms with Gasteiger partial charge in [-0.25, -0.2) is 0 Å². The van der Waals surface area contributed by atoms with E-state index in [1.165, 1.54) is 0 Å². The molecule has 2 rings (SSSR count). The molecule has 18 heavy (non-hydrogen) atoms. The van der Waals surface area contributed by atoms with Gasteiger partial charge in [0, 0.05) is 11.4 Å². The van der Waals surface area contributed by atoms with E-state index in [2.05, 4.69) is 5.32 Å². The molecule has 0 fully saturated rings. The zero-order valence-corrected chi connectivity index (χ0v) is 10.4. The van der Waals surface area contributed by atoms with Crippen LogP contribution in [0.15, 0.2) is 18.2 Å². The maximum absolute atomic E-state index is 11.8. The van der Waals surface area contributed by atoms with Gasteiger partial charge in [0.05, 0.1) is 19.3 Å². The summed E-state index contributed by atoms with van der Waals surface area (Å²) in [7, 11) is 0. The fraction of sp³-hybridized carbons (Fsp3) is 0.417. The van der Waals surface area contributed by atoms with Gasteiger partial charge < -0.3 is 20.3 Å². The number of hydrogen-bond donors (Lipinski definition) is 3. The molecule has 1 aromatic rings. The number of carbonyl (C=O) groups excluding carboxylic acids is 1. The number of amides is 1. The van der Waals surface area contributed by atoms with Crippen molar-refractivity contribution in [1.82, 2.24) is 5.32 Å². The zero-order valence-electron chi connectivity index (χ0n) is 9.60. The normalized spacial score (nSPS) is 17.4. The number of aliphatic hydroxyl groups is 2. The summed E-state index contributed by atoms with van der Waals surface area (Å²) >= 11 is 5.86. The number of ether oxygens (including phenoxy) is 1. The van der Waals surface area contributed by atoms with Gasteiger partial charge in [0.1, 0.15) is 5.75 Å². The molecule has 0 aliphatic carbocycles. The number of nitrogens with one attached hydrogen (secondary N) is 1. The third-order valence-corrected chi connectivity index (χ3v) is 3.01. The predicted octanol–water partition coefficient (Wildman–Crippen LogP) is 0.113. The van der Waals surface area contributed by atoms with Crippen LogP contribution in [-0.2, 0) is 11.2 Å². The molecule has 0 bridgehead atoms. The van der Waals surface area contributed by atoms with Crippen LogP contribution in [0.5, 0.6) is 5.75 Å². The minimum atomic E-state index is -0.659. The van der Waals surface area contributed by atoms with Crippen molar-refractivity contribution >= 4 is 17.5 Å². The van der Waals surface area contributed by atoms with E-state index in [9.17, 15) is 4.79 Å². The molecule has 0 saturated heterocycles. The number of aliphatic hydroxyl groups excluding tert-OH is 2. The summed E-state index contributed by atoms with van der Waals surface area (Å²) < 4.78 is 5.48. The first-order valence-electron chi connectivity index (χ1n) is 5.61. The third-order valence-electron chi connectivity index (χ3n) is 2.78. The van der Waals surface area contributed by atoms with Gasteiger partial charge in [0.15, 0.2) is 6.10 Å². The first-order chi connectivity index (χ1) is 8.63. The minimum absolute atomic E-state index is 0.312. The number of fused-ring (bicyclic) bond motifs is 1. The van der Waals surface area contributed by atoms with Crippen LogP contribution in [0.25, 0.3) is 0 Å². The number of benzene rings is 1. The van der Waals surface area contributed by atoms with Crippen LogP contribution in [0.1, 0.15) is 5.56 Å². The summed E-state index contributed by atoms with van der Waals surface area (Å²) in [4.78, 5) is 11.8. The maximum atomic E-state index is 11.8. The molecule has 1 aliphatic rings. The van der Waals surface area contributed by atoms with Crippen molar-refractivity contribution in [1.29, 1.82) is 0 Å². The van der Waals surface area contributed by atoms with Crippen LogP contribution in [0.3, 0.4) is 0 Å². The van der Waals surface area contributed by atoms with Crippen molar-refractivity contribution in [3.05, 3.63) is 28.8 Å². The Kier molecular flexibility index (Phi) is 4.06. The van der Waals surface area contributed by atoms with E-state index in [0.29, 0.717) is 17.2 Å². The second-order valence-corrected chi connectivity index (χ2v) is 4.57. The quantitative estimate of drug-likeness (QED) is 0.726. The molecule has 98 valence electrons. The SMILES string of the molecule is O=C(NC(CO)CO)C1Cc2cc(Cl)ccc2O1. The largest absolute Gasteiger partial charge is 0.480 e. The Morgan fingerprint density at radius 2 is 2.22 bits per heavy atom. The van der Waals surface area contributed by atoms with E-state index in [4.69, 9.17) is 26.6 Å². The van der Waals surface area contributed by atoms with Gasteiger partial charge in [-0.2, -0.15) is 0 Å². The fourth-order valence-electron chi connectivity index (χ4n) is 1.81. The van der Waals surface area contributed by atoms with Crippen LogP contribution in [-0.4, -0.2) is 41.5 Å². The van der Waals surface area contributed by atoms with E-state index in [-0.39, 0.29) is 19.1 Å². The lowest BCUT2D eigenvalue weighted by Crippen LogP contribution is -2.46. The van der Waals surface area contributed by atoms with Gasteiger partial charge in [-0.15, -0.1) is 0 Å². The molecule has 0 spiro atoms. The third kappa shape index (κ3) is 2.75. The lowest BCUT2D eigenvalue weighted by atomic mass is 10.1. The summed E-state index contributed by atoms with van der Waals surface area (Å²) in [6, 6.07) is 4.53. The Balaban J connectivity index is 2.00. The zero-order chi connectivity index (χ0) is 13.1. The first-order valence-corrected chi connectivity index (χ1v) is 5.99. The molecule has 1 heterocycles. The molecule has 5 nitrogen and oxygen atoms in total. The first kappa shape index (κ1) is 13.1. The number of carbonyl (C=O) groups is 1. The van der Waals surface area contributed by atoms with Crippen molar-refractivity contribution in [2.75, 3.05) is 13.2 Å². The highest BCUT2D eigenvalue weighted by Crippen LogP contribution is 2.31. The highest BCUT2D eigenvalue weighted by Gasteiger charge is 2.30. The average molecular weight is 272 g/mol. The average Bonchev–Trinajstić information content (AvgIpc) is 2.78. The van der Waals surface area contributed by atoms with Crippen molar-refractivity contribution in [2.24, 2.45) is 0 Å². The van der Waals surface area contributed by atoms with Gasteiger partial charge in [-0.3, -0.25) is 4.79 Å². The summed E-state index contributed by atoms with van der Waals surface area (Å²) in [5, 5.41) is 20.9. The van der Waals surface area contributed by atoms with Gasteiger partial charge in [-0.1, -0.05) is 11.6 Å². The van der Waals surface area contributed by atoms with Crippen LogP contribution >= 0.6 is 11.6 Å². The van der Waals surface area contributed by atoms with E-state index in [0.717, 1.165) is 5.56 Å². The highest BCUT2D eigenvalue weighted by molar-refractivity contribution is 6.30.